The molecule has 0 unspecified atom stereocenters. The number of carboxylic acids is 1. The van der Waals surface area contributed by atoms with Crippen LogP contribution < -0.4 is 5.32 Å². The van der Waals surface area contributed by atoms with Crippen molar-refractivity contribution in [2.75, 3.05) is 5.32 Å². The molecule has 0 aliphatic rings. The van der Waals surface area contributed by atoms with Gasteiger partial charge in [0.25, 0.3) is 5.91 Å². The topological polar surface area (TPSA) is 99.5 Å². The summed E-state index contributed by atoms with van der Waals surface area (Å²) in [7, 11) is 0. The molecule has 0 aliphatic heterocycles. The largest absolute Gasteiger partial charge is 0.508 e. The Hall–Kier alpha value is -2.89. The van der Waals surface area contributed by atoms with Crippen LogP contribution in [-0.2, 0) is 0 Å². The third kappa shape index (κ3) is 3.06. The number of phenols is 1. The Labute approximate surface area is 108 Å². The maximum absolute atomic E-state index is 11.9. The Morgan fingerprint density at radius 3 is 2.63 bits per heavy atom. The molecule has 19 heavy (non-hydrogen) atoms. The molecular formula is C13H10N2O4. The van der Waals surface area contributed by atoms with Crippen molar-refractivity contribution in [3.05, 3.63) is 53.9 Å². The van der Waals surface area contributed by atoms with Gasteiger partial charge in [0.15, 0.2) is 0 Å². The van der Waals surface area contributed by atoms with E-state index in [2.05, 4.69) is 10.3 Å². The van der Waals surface area contributed by atoms with Crippen molar-refractivity contribution in [2.24, 2.45) is 0 Å². The average molecular weight is 258 g/mol. The SMILES string of the molecule is O=C(Nc1ccnc(C(=O)O)c1)c1cccc(O)c1. The third-order valence-electron chi connectivity index (χ3n) is 2.35. The number of aromatic nitrogens is 1. The summed E-state index contributed by atoms with van der Waals surface area (Å²) in [5.74, 6) is -1.64. The van der Waals surface area contributed by atoms with Gasteiger partial charge in [-0.1, -0.05) is 6.07 Å². The van der Waals surface area contributed by atoms with Gasteiger partial charge in [-0.2, -0.15) is 0 Å². The van der Waals surface area contributed by atoms with Crippen LogP contribution in [0.2, 0.25) is 0 Å². The maximum atomic E-state index is 11.9. The molecular weight excluding hydrogens is 248 g/mol. The highest BCUT2D eigenvalue weighted by atomic mass is 16.4. The molecule has 0 bridgehead atoms. The smallest absolute Gasteiger partial charge is 0.354 e. The average Bonchev–Trinajstić information content (AvgIpc) is 2.39. The number of aromatic hydroxyl groups is 1. The zero-order chi connectivity index (χ0) is 13.8. The second-order valence-corrected chi connectivity index (χ2v) is 3.74. The lowest BCUT2D eigenvalue weighted by Gasteiger charge is -2.05. The van der Waals surface area contributed by atoms with Crippen molar-refractivity contribution < 1.29 is 19.8 Å². The summed E-state index contributed by atoms with van der Waals surface area (Å²) >= 11 is 0. The Morgan fingerprint density at radius 2 is 1.95 bits per heavy atom. The number of carbonyl (C=O) groups is 2. The van der Waals surface area contributed by atoms with Crippen LogP contribution in [0.25, 0.3) is 0 Å². The van der Waals surface area contributed by atoms with Crippen LogP contribution in [0.15, 0.2) is 42.6 Å². The van der Waals surface area contributed by atoms with Crippen LogP contribution in [-0.4, -0.2) is 27.1 Å². The lowest BCUT2D eigenvalue weighted by atomic mass is 10.2. The molecule has 2 rings (SSSR count). The van der Waals surface area contributed by atoms with Crippen LogP contribution in [0, 0.1) is 0 Å². The van der Waals surface area contributed by atoms with Crippen LogP contribution >= 0.6 is 0 Å². The predicted octanol–water partition coefficient (Wildman–Crippen LogP) is 1.74. The molecule has 2 aromatic rings. The maximum Gasteiger partial charge on any atom is 0.354 e. The van der Waals surface area contributed by atoms with Crippen molar-refractivity contribution >= 4 is 17.6 Å². The Kier molecular flexibility index (Phi) is 3.42. The van der Waals surface area contributed by atoms with Gasteiger partial charge in [0, 0.05) is 17.4 Å². The highest BCUT2D eigenvalue weighted by Gasteiger charge is 2.09. The third-order valence-corrected chi connectivity index (χ3v) is 2.35. The second kappa shape index (κ2) is 5.18. The summed E-state index contributed by atoms with van der Waals surface area (Å²) in [4.78, 5) is 26.2. The van der Waals surface area contributed by atoms with Crippen molar-refractivity contribution in [1.29, 1.82) is 0 Å². The number of aromatic carboxylic acids is 1. The van der Waals surface area contributed by atoms with E-state index in [9.17, 15) is 14.7 Å². The molecule has 1 heterocycles. The molecule has 0 fully saturated rings. The summed E-state index contributed by atoms with van der Waals surface area (Å²) in [6.07, 6.45) is 1.29. The first kappa shape index (κ1) is 12.6. The molecule has 0 radical (unpaired) electrons. The summed E-state index contributed by atoms with van der Waals surface area (Å²) in [5.41, 5.74) is 0.433. The van der Waals surface area contributed by atoms with Crippen molar-refractivity contribution in [1.82, 2.24) is 4.98 Å². The number of anilines is 1. The van der Waals surface area contributed by atoms with Crippen LogP contribution in [0.4, 0.5) is 5.69 Å². The summed E-state index contributed by atoms with van der Waals surface area (Å²) in [6.45, 7) is 0. The van der Waals surface area contributed by atoms with E-state index in [4.69, 9.17) is 5.11 Å². The minimum absolute atomic E-state index is 0.0198. The minimum atomic E-state index is -1.17. The normalized spacial score (nSPS) is 9.89. The molecule has 6 heteroatoms. The number of hydrogen-bond acceptors (Lipinski definition) is 4. The van der Waals surface area contributed by atoms with Gasteiger partial charge in [-0.3, -0.25) is 4.79 Å². The first-order valence-electron chi connectivity index (χ1n) is 5.36. The lowest BCUT2D eigenvalue weighted by Crippen LogP contribution is -2.12. The van der Waals surface area contributed by atoms with E-state index in [-0.39, 0.29) is 17.0 Å². The standard InChI is InChI=1S/C13H10N2O4/c16-10-3-1-2-8(6-10)12(17)15-9-4-5-14-11(7-9)13(18)19/h1-7,16H,(H,18,19)(H,14,15,17). The summed E-state index contributed by atoms with van der Waals surface area (Å²) in [5, 5.41) is 20.6. The molecule has 0 aliphatic carbocycles. The molecule has 0 spiro atoms. The van der Waals surface area contributed by atoms with E-state index in [1.807, 2.05) is 0 Å². The van der Waals surface area contributed by atoms with Crippen LogP contribution in [0.5, 0.6) is 5.75 Å². The Balaban J connectivity index is 2.19. The van der Waals surface area contributed by atoms with Gasteiger partial charge < -0.3 is 15.5 Å². The van der Waals surface area contributed by atoms with E-state index < -0.39 is 11.9 Å². The number of carboxylic acid groups (broad SMARTS) is 1. The minimum Gasteiger partial charge on any atom is -0.508 e. The summed E-state index contributed by atoms with van der Waals surface area (Å²) in [6, 6.07) is 8.57. The van der Waals surface area contributed by atoms with Gasteiger partial charge >= 0.3 is 5.97 Å². The quantitative estimate of drug-likeness (QED) is 0.778. The monoisotopic (exact) mass is 258 g/mol. The molecule has 0 saturated heterocycles. The van der Waals surface area contributed by atoms with Gasteiger partial charge in [-0.15, -0.1) is 0 Å². The molecule has 1 aromatic heterocycles. The van der Waals surface area contributed by atoms with Gasteiger partial charge in [-0.05, 0) is 30.3 Å². The summed E-state index contributed by atoms with van der Waals surface area (Å²) < 4.78 is 0. The van der Waals surface area contributed by atoms with E-state index in [0.29, 0.717) is 5.69 Å². The van der Waals surface area contributed by atoms with E-state index in [0.717, 1.165) is 0 Å². The van der Waals surface area contributed by atoms with Crippen molar-refractivity contribution in [3.8, 4) is 5.75 Å². The number of pyridine rings is 1. The van der Waals surface area contributed by atoms with Crippen molar-refractivity contribution in [2.45, 2.75) is 0 Å². The lowest BCUT2D eigenvalue weighted by molar-refractivity contribution is 0.0690. The van der Waals surface area contributed by atoms with Crippen LogP contribution in [0.1, 0.15) is 20.8 Å². The molecule has 3 N–H and O–H groups in total. The van der Waals surface area contributed by atoms with Gasteiger partial charge in [-0.25, -0.2) is 9.78 Å². The van der Waals surface area contributed by atoms with E-state index in [1.54, 1.807) is 6.07 Å². The van der Waals surface area contributed by atoms with Gasteiger partial charge in [0.2, 0.25) is 0 Å². The number of nitrogens with zero attached hydrogens (tertiary/aromatic N) is 1. The number of carbonyl (C=O) groups excluding carboxylic acids is 1. The molecule has 0 saturated carbocycles. The first-order chi connectivity index (χ1) is 9.06. The molecule has 1 aromatic carbocycles. The molecule has 0 atom stereocenters. The molecule has 96 valence electrons. The number of hydrogen-bond donors (Lipinski definition) is 3. The van der Waals surface area contributed by atoms with Gasteiger partial charge in [0.1, 0.15) is 11.4 Å². The predicted molar refractivity (Wildman–Crippen MR) is 67.3 cm³/mol. The first-order valence-corrected chi connectivity index (χ1v) is 5.36. The molecule has 1 amide bonds. The highest BCUT2D eigenvalue weighted by Crippen LogP contribution is 2.14. The van der Waals surface area contributed by atoms with Crippen LogP contribution in [0.3, 0.4) is 0 Å². The highest BCUT2D eigenvalue weighted by molar-refractivity contribution is 6.04. The number of phenolic OH excluding ortho intramolecular Hbond substituents is 1. The Bertz CT molecular complexity index is 640. The fourth-order valence-corrected chi connectivity index (χ4v) is 1.48. The van der Waals surface area contributed by atoms with E-state index >= 15 is 0 Å². The fourth-order valence-electron chi connectivity index (χ4n) is 1.48. The zero-order valence-electron chi connectivity index (χ0n) is 9.70. The number of amides is 1. The second-order valence-electron chi connectivity index (χ2n) is 3.74. The Morgan fingerprint density at radius 1 is 1.16 bits per heavy atom. The fraction of sp³-hybridized carbons (Fsp3) is 0. The number of benzene rings is 1. The number of rotatable bonds is 3. The van der Waals surface area contributed by atoms with Gasteiger partial charge in [0.05, 0.1) is 0 Å². The number of nitrogens with one attached hydrogen (secondary N) is 1. The molecule has 6 nitrogen and oxygen atoms in total. The van der Waals surface area contributed by atoms with Crippen molar-refractivity contribution in [3.63, 3.8) is 0 Å². The van der Waals surface area contributed by atoms with E-state index in [1.165, 1.54) is 36.5 Å². The zero-order valence-corrected chi connectivity index (χ0v) is 9.70.